The van der Waals surface area contributed by atoms with Crippen molar-refractivity contribution >= 4 is 5.78 Å². The fourth-order valence-corrected chi connectivity index (χ4v) is 1.95. The highest BCUT2D eigenvalue weighted by atomic mass is 19.1. The van der Waals surface area contributed by atoms with Gasteiger partial charge >= 0.3 is 0 Å². The summed E-state index contributed by atoms with van der Waals surface area (Å²) in [5.74, 6) is -1.56. The summed E-state index contributed by atoms with van der Waals surface area (Å²) in [6.45, 7) is 4.19. The number of rotatable bonds is 6. The van der Waals surface area contributed by atoms with Crippen LogP contribution in [0.15, 0.2) is 18.2 Å². The molecule has 4 heteroatoms. The Morgan fingerprint density at radius 3 is 2.28 bits per heavy atom. The van der Waals surface area contributed by atoms with E-state index < -0.39 is 11.6 Å². The van der Waals surface area contributed by atoms with Gasteiger partial charge in [0.05, 0.1) is 0 Å². The second kappa shape index (κ2) is 6.59. The summed E-state index contributed by atoms with van der Waals surface area (Å²) >= 11 is 0. The van der Waals surface area contributed by atoms with Crippen molar-refractivity contribution in [2.45, 2.75) is 26.7 Å². The first-order valence-corrected chi connectivity index (χ1v) is 6.11. The van der Waals surface area contributed by atoms with Crippen LogP contribution in [0.1, 0.15) is 25.8 Å². The molecule has 1 aromatic rings. The molecule has 0 radical (unpaired) electrons. The molecule has 0 bridgehead atoms. The molecule has 0 spiro atoms. The lowest BCUT2D eigenvalue weighted by Crippen LogP contribution is -2.27. The Hall–Kier alpha value is -1.29. The molecule has 1 aromatic carbocycles. The molecule has 1 atom stereocenters. The molecule has 0 aliphatic rings. The maximum Gasteiger partial charge on any atom is 0.141 e. The van der Waals surface area contributed by atoms with E-state index in [1.807, 2.05) is 13.8 Å². The van der Waals surface area contributed by atoms with Crippen LogP contribution in [0.3, 0.4) is 0 Å². The molecule has 2 nitrogen and oxygen atoms in total. The van der Waals surface area contributed by atoms with E-state index in [0.29, 0.717) is 12.3 Å². The molecule has 0 aliphatic carbocycles. The standard InChI is InChI=1S/C14H19F2NO/c1-9(2)6-10(8-17)14(18)7-11-12(15)4-3-5-13(11)16/h3-5,9-10H,6-8,17H2,1-2H3. The van der Waals surface area contributed by atoms with Crippen LogP contribution in [0.2, 0.25) is 0 Å². The van der Waals surface area contributed by atoms with Gasteiger partial charge in [0, 0.05) is 24.4 Å². The fourth-order valence-electron chi connectivity index (χ4n) is 1.95. The SMILES string of the molecule is CC(C)CC(CN)C(=O)Cc1c(F)cccc1F. The zero-order valence-electron chi connectivity index (χ0n) is 10.7. The van der Waals surface area contributed by atoms with Crippen molar-refractivity contribution in [2.24, 2.45) is 17.6 Å². The number of benzene rings is 1. The predicted molar refractivity (Wildman–Crippen MR) is 67.1 cm³/mol. The first-order valence-electron chi connectivity index (χ1n) is 6.11. The van der Waals surface area contributed by atoms with Crippen molar-refractivity contribution in [3.8, 4) is 0 Å². The third-order valence-electron chi connectivity index (χ3n) is 2.91. The van der Waals surface area contributed by atoms with Crippen LogP contribution < -0.4 is 5.73 Å². The van der Waals surface area contributed by atoms with Gasteiger partial charge in [-0.1, -0.05) is 19.9 Å². The lowest BCUT2D eigenvalue weighted by atomic mass is 9.90. The summed E-state index contributed by atoms with van der Waals surface area (Å²) < 4.78 is 26.8. The highest BCUT2D eigenvalue weighted by molar-refractivity contribution is 5.83. The van der Waals surface area contributed by atoms with E-state index in [2.05, 4.69) is 0 Å². The van der Waals surface area contributed by atoms with E-state index >= 15 is 0 Å². The minimum atomic E-state index is -0.677. The molecular formula is C14H19F2NO. The molecule has 0 saturated heterocycles. The second-order valence-electron chi connectivity index (χ2n) is 4.91. The van der Waals surface area contributed by atoms with E-state index in [1.54, 1.807) is 0 Å². The normalized spacial score (nSPS) is 12.8. The molecule has 0 heterocycles. The van der Waals surface area contributed by atoms with E-state index in [-0.39, 0.29) is 30.2 Å². The number of Topliss-reactive ketones (excluding diaryl/α,β-unsaturated/α-hetero) is 1. The number of halogens is 2. The van der Waals surface area contributed by atoms with Crippen LogP contribution >= 0.6 is 0 Å². The van der Waals surface area contributed by atoms with E-state index in [0.717, 1.165) is 12.1 Å². The maximum absolute atomic E-state index is 13.4. The Morgan fingerprint density at radius 2 is 1.83 bits per heavy atom. The average molecular weight is 255 g/mol. The van der Waals surface area contributed by atoms with Gasteiger partial charge in [-0.3, -0.25) is 4.79 Å². The molecule has 0 fully saturated rings. The number of hydrogen-bond acceptors (Lipinski definition) is 2. The zero-order valence-corrected chi connectivity index (χ0v) is 10.7. The number of carbonyl (C=O) groups is 1. The van der Waals surface area contributed by atoms with Gasteiger partial charge in [-0.2, -0.15) is 0 Å². The van der Waals surface area contributed by atoms with Crippen molar-refractivity contribution in [3.63, 3.8) is 0 Å². The molecule has 100 valence electrons. The minimum absolute atomic E-state index is 0.162. The van der Waals surface area contributed by atoms with Gasteiger partial charge in [0.15, 0.2) is 0 Å². The van der Waals surface area contributed by atoms with Crippen molar-refractivity contribution in [1.29, 1.82) is 0 Å². The van der Waals surface area contributed by atoms with E-state index in [9.17, 15) is 13.6 Å². The van der Waals surface area contributed by atoms with Gasteiger partial charge < -0.3 is 5.73 Å². The largest absolute Gasteiger partial charge is 0.330 e. The summed E-state index contributed by atoms with van der Waals surface area (Å²) in [7, 11) is 0. The first kappa shape index (κ1) is 14.8. The third kappa shape index (κ3) is 3.88. The molecule has 0 saturated carbocycles. The summed E-state index contributed by atoms with van der Waals surface area (Å²) in [5.41, 5.74) is 5.38. The molecule has 2 N–H and O–H groups in total. The Labute approximate surface area is 106 Å². The predicted octanol–water partition coefficient (Wildman–Crippen LogP) is 2.70. The van der Waals surface area contributed by atoms with Gasteiger partial charge in [-0.05, 0) is 24.5 Å². The third-order valence-corrected chi connectivity index (χ3v) is 2.91. The van der Waals surface area contributed by atoms with Gasteiger partial charge in [-0.25, -0.2) is 8.78 Å². The van der Waals surface area contributed by atoms with E-state index in [1.165, 1.54) is 6.07 Å². The second-order valence-corrected chi connectivity index (χ2v) is 4.91. The van der Waals surface area contributed by atoms with Crippen LogP contribution in [0.25, 0.3) is 0 Å². The Balaban J connectivity index is 2.80. The molecule has 0 aromatic heterocycles. The van der Waals surface area contributed by atoms with Crippen molar-refractivity contribution in [3.05, 3.63) is 35.4 Å². The molecule has 18 heavy (non-hydrogen) atoms. The van der Waals surface area contributed by atoms with Crippen LogP contribution in [0.5, 0.6) is 0 Å². The molecule has 1 rings (SSSR count). The quantitative estimate of drug-likeness (QED) is 0.849. The topological polar surface area (TPSA) is 43.1 Å². The number of carbonyl (C=O) groups excluding carboxylic acids is 1. The van der Waals surface area contributed by atoms with Crippen molar-refractivity contribution < 1.29 is 13.6 Å². The van der Waals surface area contributed by atoms with Crippen LogP contribution in [-0.2, 0) is 11.2 Å². The minimum Gasteiger partial charge on any atom is -0.330 e. The summed E-state index contributed by atoms with van der Waals surface area (Å²) in [4.78, 5) is 12.0. The molecule has 1 unspecified atom stereocenters. The molecule has 0 amide bonds. The lowest BCUT2D eigenvalue weighted by Gasteiger charge is -2.16. The Bertz CT molecular complexity index is 398. The summed E-state index contributed by atoms with van der Waals surface area (Å²) in [5, 5.41) is 0. The first-order chi connectivity index (χ1) is 8.45. The summed E-state index contributed by atoms with van der Waals surface area (Å²) in [6, 6.07) is 3.60. The van der Waals surface area contributed by atoms with Crippen molar-refractivity contribution in [2.75, 3.05) is 6.54 Å². The lowest BCUT2D eigenvalue weighted by molar-refractivity contribution is -0.122. The smallest absolute Gasteiger partial charge is 0.141 e. The van der Waals surface area contributed by atoms with Gasteiger partial charge in [0.2, 0.25) is 0 Å². The fraction of sp³-hybridized carbons (Fsp3) is 0.500. The van der Waals surface area contributed by atoms with Gasteiger partial charge in [0.25, 0.3) is 0 Å². The zero-order chi connectivity index (χ0) is 13.7. The Morgan fingerprint density at radius 1 is 1.28 bits per heavy atom. The van der Waals surface area contributed by atoms with Crippen LogP contribution in [0.4, 0.5) is 8.78 Å². The molecule has 0 aliphatic heterocycles. The van der Waals surface area contributed by atoms with Crippen molar-refractivity contribution in [1.82, 2.24) is 0 Å². The summed E-state index contributed by atoms with van der Waals surface area (Å²) in [6.07, 6.45) is 0.415. The number of ketones is 1. The maximum atomic E-state index is 13.4. The average Bonchev–Trinajstić information content (AvgIpc) is 2.30. The Kier molecular flexibility index (Phi) is 5.41. The van der Waals surface area contributed by atoms with Crippen LogP contribution in [-0.4, -0.2) is 12.3 Å². The number of hydrogen-bond donors (Lipinski definition) is 1. The number of nitrogens with two attached hydrogens (primary N) is 1. The monoisotopic (exact) mass is 255 g/mol. The van der Waals surface area contributed by atoms with Gasteiger partial charge in [0.1, 0.15) is 17.4 Å². The highest BCUT2D eigenvalue weighted by Crippen LogP contribution is 2.18. The van der Waals surface area contributed by atoms with Gasteiger partial charge in [-0.15, -0.1) is 0 Å². The van der Waals surface area contributed by atoms with E-state index in [4.69, 9.17) is 5.73 Å². The highest BCUT2D eigenvalue weighted by Gasteiger charge is 2.21. The van der Waals surface area contributed by atoms with Crippen LogP contribution in [0, 0.1) is 23.5 Å². The molecular weight excluding hydrogens is 236 g/mol.